The Morgan fingerprint density at radius 2 is 1.68 bits per heavy atom. The number of hydrogen-bond acceptors (Lipinski definition) is 2. The van der Waals surface area contributed by atoms with Crippen molar-refractivity contribution in [2.24, 2.45) is 11.8 Å². The van der Waals surface area contributed by atoms with Crippen molar-refractivity contribution in [1.29, 1.82) is 0 Å². The highest BCUT2D eigenvalue weighted by Crippen LogP contribution is 2.40. The molecule has 2 heterocycles. The van der Waals surface area contributed by atoms with E-state index in [0.717, 1.165) is 18.2 Å². The Kier molecular flexibility index (Phi) is 5.33. The molecule has 2 saturated heterocycles. The van der Waals surface area contributed by atoms with E-state index in [1.54, 1.807) is 11.0 Å². The third kappa shape index (κ3) is 3.89. The summed E-state index contributed by atoms with van der Waals surface area (Å²) in [7, 11) is 0. The van der Waals surface area contributed by atoms with Crippen LogP contribution in [-0.4, -0.2) is 37.1 Å². The number of benzene rings is 2. The van der Waals surface area contributed by atoms with Gasteiger partial charge in [-0.1, -0.05) is 22.0 Å². The van der Waals surface area contributed by atoms with Crippen molar-refractivity contribution in [2.75, 3.05) is 31.5 Å². The van der Waals surface area contributed by atoms with Gasteiger partial charge in [0.1, 0.15) is 17.5 Å². The second-order valence-electron chi connectivity index (χ2n) is 7.36. The van der Waals surface area contributed by atoms with Gasteiger partial charge in [0.2, 0.25) is 0 Å². The van der Waals surface area contributed by atoms with Gasteiger partial charge in [-0.2, -0.15) is 0 Å². The average molecular weight is 454 g/mol. The molecular weight excluding hydrogens is 435 g/mol. The van der Waals surface area contributed by atoms with E-state index in [9.17, 15) is 18.0 Å². The molecule has 0 aliphatic carbocycles. The number of nitrogens with zero attached hydrogens (tertiary/aromatic N) is 1. The highest BCUT2D eigenvalue weighted by molar-refractivity contribution is 9.10. The van der Waals surface area contributed by atoms with Crippen molar-refractivity contribution < 1.29 is 18.0 Å². The summed E-state index contributed by atoms with van der Waals surface area (Å²) in [6, 6.07) is 7.61. The molecule has 2 amide bonds. The monoisotopic (exact) mass is 453 g/mol. The SMILES string of the molecule is O=C(Nc1cc(F)cc(F)c1)N1CC2CNCC(C1)C2c1ccc(Br)cc1F. The quantitative estimate of drug-likeness (QED) is 0.710. The van der Waals surface area contributed by atoms with Crippen LogP contribution in [0.15, 0.2) is 40.9 Å². The zero-order valence-electron chi connectivity index (χ0n) is 14.9. The fourth-order valence-electron chi connectivity index (χ4n) is 4.36. The van der Waals surface area contributed by atoms with E-state index in [0.29, 0.717) is 36.2 Å². The lowest BCUT2D eigenvalue weighted by molar-refractivity contribution is 0.0943. The highest BCUT2D eigenvalue weighted by Gasteiger charge is 2.42. The molecule has 28 heavy (non-hydrogen) atoms. The first-order chi connectivity index (χ1) is 13.4. The van der Waals surface area contributed by atoms with Crippen molar-refractivity contribution in [3.8, 4) is 0 Å². The van der Waals surface area contributed by atoms with Crippen LogP contribution in [0.4, 0.5) is 23.7 Å². The van der Waals surface area contributed by atoms with Crippen molar-refractivity contribution in [3.05, 3.63) is 63.9 Å². The van der Waals surface area contributed by atoms with Crippen LogP contribution in [0.2, 0.25) is 0 Å². The summed E-state index contributed by atoms with van der Waals surface area (Å²) >= 11 is 3.28. The topological polar surface area (TPSA) is 44.4 Å². The largest absolute Gasteiger partial charge is 0.324 e. The van der Waals surface area contributed by atoms with Gasteiger partial charge in [-0.15, -0.1) is 0 Å². The summed E-state index contributed by atoms with van der Waals surface area (Å²) in [6.07, 6.45) is 0. The molecule has 2 fully saturated rings. The van der Waals surface area contributed by atoms with Gasteiger partial charge in [-0.05, 0) is 47.6 Å². The maximum absolute atomic E-state index is 14.5. The van der Waals surface area contributed by atoms with Crippen LogP contribution in [-0.2, 0) is 0 Å². The lowest BCUT2D eigenvalue weighted by Crippen LogP contribution is -2.57. The summed E-state index contributed by atoms with van der Waals surface area (Å²) in [4.78, 5) is 14.3. The van der Waals surface area contributed by atoms with Crippen LogP contribution in [0.5, 0.6) is 0 Å². The number of urea groups is 1. The minimum absolute atomic E-state index is 0.0185. The number of anilines is 1. The molecule has 2 atom stereocenters. The van der Waals surface area contributed by atoms with Crippen LogP contribution in [0.1, 0.15) is 11.5 Å². The number of fused-ring (bicyclic) bond motifs is 2. The molecule has 0 saturated carbocycles. The molecule has 0 radical (unpaired) electrons. The number of carbonyl (C=O) groups excluding carboxylic acids is 1. The van der Waals surface area contributed by atoms with Crippen molar-refractivity contribution in [2.45, 2.75) is 5.92 Å². The third-order valence-electron chi connectivity index (χ3n) is 5.46. The number of piperidine rings is 2. The average Bonchev–Trinajstić information content (AvgIpc) is 2.60. The third-order valence-corrected chi connectivity index (χ3v) is 5.95. The fraction of sp³-hybridized carbons (Fsp3) is 0.350. The number of likely N-dealkylation sites (tertiary alicyclic amines) is 1. The second kappa shape index (κ2) is 7.75. The number of halogens is 4. The van der Waals surface area contributed by atoms with Gasteiger partial charge in [0, 0.05) is 42.4 Å². The van der Waals surface area contributed by atoms with Crippen molar-refractivity contribution >= 4 is 27.6 Å². The van der Waals surface area contributed by atoms with Gasteiger partial charge < -0.3 is 15.5 Å². The molecule has 0 aromatic heterocycles. The molecule has 4 rings (SSSR count). The summed E-state index contributed by atoms with van der Waals surface area (Å²) < 4.78 is 42.0. The first kappa shape index (κ1) is 19.3. The molecule has 4 nitrogen and oxygen atoms in total. The Morgan fingerprint density at radius 3 is 2.29 bits per heavy atom. The molecule has 2 aliphatic rings. The zero-order chi connectivity index (χ0) is 19.8. The lowest BCUT2D eigenvalue weighted by atomic mass is 9.71. The Balaban J connectivity index is 1.52. The maximum Gasteiger partial charge on any atom is 0.321 e. The maximum atomic E-state index is 14.5. The first-order valence-electron chi connectivity index (χ1n) is 9.08. The fourth-order valence-corrected chi connectivity index (χ4v) is 4.70. The van der Waals surface area contributed by atoms with Crippen LogP contribution in [0.3, 0.4) is 0 Å². The molecular formula is C20H19BrF3N3O. The van der Waals surface area contributed by atoms with Gasteiger partial charge >= 0.3 is 6.03 Å². The predicted octanol–water partition coefficient (Wildman–Crippen LogP) is 4.33. The number of carbonyl (C=O) groups is 1. The molecule has 2 N–H and O–H groups in total. The van der Waals surface area contributed by atoms with Gasteiger partial charge in [-0.25, -0.2) is 18.0 Å². The van der Waals surface area contributed by atoms with Gasteiger partial charge in [0.05, 0.1) is 0 Å². The summed E-state index contributed by atoms with van der Waals surface area (Å²) in [5, 5.41) is 5.91. The van der Waals surface area contributed by atoms with Gasteiger partial charge in [0.15, 0.2) is 0 Å². The van der Waals surface area contributed by atoms with Crippen LogP contribution >= 0.6 is 15.9 Å². The molecule has 2 aromatic carbocycles. The van der Waals surface area contributed by atoms with Crippen LogP contribution in [0.25, 0.3) is 0 Å². The van der Waals surface area contributed by atoms with E-state index in [4.69, 9.17) is 0 Å². The summed E-state index contributed by atoms with van der Waals surface area (Å²) in [6.45, 7) is 2.23. The van der Waals surface area contributed by atoms with Gasteiger partial charge in [0.25, 0.3) is 0 Å². The molecule has 2 aromatic rings. The molecule has 0 spiro atoms. The number of nitrogens with one attached hydrogen (secondary N) is 2. The van der Waals surface area contributed by atoms with Crippen LogP contribution < -0.4 is 10.6 Å². The first-order valence-corrected chi connectivity index (χ1v) is 9.87. The zero-order valence-corrected chi connectivity index (χ0v) is 16.5. The lowest BCUT2D eigenvalue weighted by Gasteiger charge is -2.47. The normalized spacial score (nSPS) is 24.1. The summed E-state index contributed by atoms with van der Waals surface area (Å²) in [5.41, 5.74) is 0.749. The van der Waals surface area contributed by atoms with E-state index in [1.165, 1.54) is 6.07 Å². The van der Waals surface area contributed by atoms with E-state index < -0.39 is 17.7 Å². The standard InChI is InChI=1S/C20H19BrF3N3O/c21-13-1-2-17(18(24)3-13)19-11-7-25-8-12(19)10-27(9-11)20(28)26-16-5-14(22)4-15(23)6-16/h1-6,11-12,19,25H,7-10H2,(H,26,28). The molecule has 2 aliphatic heterocycles. The minimum atomic E-state index is -0.749. The Morgan fingerprint density at radius 1 is 1.04 bits per heavy atom. The second-order valence-corrected chi connectivity index (χ2v) is 8.28. The van der Waals surface area contributed by atoms with E-state index in [-0.39, 0.29) is 29.3 Å². The number of amides is 2. The highest BCUT2D eigenvalue weighted by atomic mass is 79.9. The van der Waals surface area contributed by atoms with E-state index in [1.807, 2.05) is 6.07 Å². The van der Waals surface area contributed by atoms with E-state index in [2.05, 4.69) is 26.6 Å². The predicted molar refractivity (Wildman–Crippen MR) is 104 cm³/mol. The molecule has 8 heteroatoms. The molecule has 2 unspecified atom stereocenters. The smallest absolute Gasteiger partial charge is 0.321 e. The van der Waals surface area contributed by atoms with Crippen LogP contribution in [0, 0.1) is 29.3 Å². The Hall–Kier alpha value is -2.06. The number of rotatable bonds is 2. The van der Waals surface area contributed by atoms with E-state index >= 15 is 0 Å². The van der Waals surface area contributed by atoms with Gasteiger partial charge in [-0.3, -0.25) is 0 Å². The Labute approximate surface area is 169 Å². The van der Waals surface area contributed by atoms with Crippen molar-refractivity contribution in [3.63, 3.8) is 0 Å². The van der Waals surface area contributed by atoms with Crippen molar-refractivity contribution in [1.82, 2.24) is 10.2 Å². The minimum Gasteiger partial charge on any atom is -0.324 e. The molecule has 2 bridgehead atoms. The Bertz CT molecular complexity index is 876. The number of hydrogen-bond donors (Lipinski definition) is 2. The summed E-state index contributed by atoms with van der Waals surface area (Å²) in [5.74, 6) is -1.62. The molecule has 148 valence electrons.